The second kappa shape index (κ2) is 7.97. The fraction of sp³-hybridized carbons (Fsp3) is 0.526. The summed E-state index contributed by atoms with van der Waals surface area (Å²) in [5, 5.41) is 20.0. The Kier molecular flexibility index (Phi) is 6.79. The van der Waals surface area contributed by atoms with Crippen LogP contribution in [0.15, 0.2) is 24.3 Å². The smallest absolute Gasteiger partial charge is 0.333 e. The van der Waals surface area contributed by atoms with Crippen molar-refractivity contribution in [3.05, 3.63) is 35.4 Å². The number of hydrogen-bond acceptors (Lipinski definition) is 3. The summed E-state index contributed by atoms with van der Waals surface area (Å²) >= 11 is 0. The first kappa shape index (κ1) is 20.4. The quantitative estimate of drug-likeness (QED) is 0.612. The van der Waals surface area contributed by atoms with E-state index in [0.29, 0.717) is 5.56 Å². The normalized spacial score (nSPS) is 15.3. The predicted octanol–water partition coefficient (Wildman–Crippen LogP) is 3.20. The topological polar surface area (TPSA) is 66.8 Å². The molecule has 0 spiro atoms. The van der Waals surface area contributed by atoms with Crippen LogP contribution in [0.1, 0.15) is 31.9 Å². The van der Waals surface area contributed by atoms with Gasteiger partial charge in [-0.05, 0) is 31.9 Å². The zero-order valence-corrected chi connectivity index (χ0v) is 16.4. The molecule has 2 N–H and O–H groups in total. The first-order chi connectivity index (χ1) is 10.9. The summed E-state index contributed by atoms with van der Waals surface area (Å²) in [6.45, 7) is 11.6. The molecule has 0 bridgehead atoms. The highest BCUT2D eigenvalue weighted by Crippen LogP contribution is 2.22. The molecule has 0 aliphatic heterocycles. The number of ether oxygens (including phenoxy) is 1. The van der Waals surface area contributed by atoms with Crippen LogP contribution in [0.2, 0.25) is 19.6 Å². The van der Waals surface area contributed by atoms with Crippen LogP contribution in [0.3, 0.4) is 0 Å². The van der Waals surface area contributed by atoms with Crippen LogP contribution in [0.4, 0.5) is 0 Å². The molecule has 0 aliphatic rings. The van der Waals surface area contributed by atoms with Crippen LogP contribution in [-0.2, 0) is 21.6 Å². The Labute approximate surface area is 145 Å². The summed E-state index contributed by atoms with van der Waals surface area (Å²) in [6, 6.07) is 7.26. The van der Waals surface area contributed by atoms with Crippen LogP contribution in [0.25, 0.3) is 0 Å². The Morgan fingerprint density at radius 3 is 2.46 bits per heavy atom. The minimum Gasteiger partial charge on any atom is -0.479 e. The van der Waals surface area contributed by atoms with Crippen molar-refractivity contribution >= 4 is 14.0 Å². The van der Waals surface area contributed by atoms with Crippen molar-refractivity contribution < 1.29 is 19.7 Å². The van der Waals surface area contributed by atoms with E-state index in [9.17, 15) is 15.0 Å². The maximum absolute atomic E-state index is 11.3. The third kappa shape index (κ3) is 6.87. The molecule has 2 unspecified atom stereocenters. The van der Waals surface area contributed by atoms with Crippen molar-refractivity contribution in [3.63, 3.8) is 0 Å². The third-order valence-corrected chi connectivity index (χ3v) is 4.18. The molecular weight excluding hydrogens is 320 g/mol. The van der Waals surface area contributed by atoms with Gasteiger partial charge in [0.05, 0.1) is 6.10 Å². The molecule has 0 radical (unpaired) electrons. The first-order valence-electron chi connectivity index (χ1n) is 8.15. The summed E-state index contributed by atoms with van der Waals surface area (Å²) in [7, 11) is -1.59. The minimum absolute atomic E-state index is 0.167. The highest BCUT2D eigenvalue weighted by atomic mass is 28.3. The molecule has 0 saturated carbocycles. The number of aliphatic carboxylic acids is 1. The summed E-state index contributed by atoms with van der Waals surface area (Å²) in [5.74, 6) is 1.98. The van der Waals surface area contributed by atoms with E-state index in [1.165, 1.54) is 0 Å². The number of benzene rings is 1. The summed E-state index contributed by atoms with van der Waals surface area (Å²) in [6.07, 6.45) is -0.822. The zero-order valence-electron chi connectivity index (χ0n) is 15.4. The van der Waals surface area contributed by atoms with E-state index >= 15 is 0 Å². The van der Waals surface area contributed by atoms with E-state index in [0.717, 1.165) is 5.56 Å². The molecule has 0 aliphatic carbocycles. The predicted molar refractivity (Wildman–Crippen MR) is 98.5 cm³/mol. The van der Waals surface area contributed by atoms with Crippen molar-refractivity contribution in [2.75, 3.05) is 0 Å². The highest BCUT2D eigenvalue weighted by molar-refractivity contribution is 6.83. The van der Waals surface area contributed by atoms with Crippen molar-refractivity contribution in [2.45, 2.75) is 64.6 Å². The number of hydrogen-bond donors (Lipinski definition) is 2. The van der Waals surface area contributed by atoms with Crippen LogP contribution in [0, 0.1) is 11.5 Å². The van der Waals surface area contributed by atoms with Crippen molar-refractivity contribution in [2.24, 2.45) is 0 Å². The fourth-order valence-corrected chi connectivity index (χ4v) is 2.74. The van der Waals surface area contributed by atoms with Gasteiger partial charge in [-0.1, -0.05) is 49.8 Å². The van der Waals surface area contributed by atoms with Gasteiger partial charge in [-0.3, -0.25) is 0 Å². The van der Waals surface area contributed by atoms with E-state index in [1.807, 2.05) is 32.0 Å². The number of carboxylic acid groups (broad SMARTS) is 1. The highest BCUT2D eigenvalue weighted by Gasteiger charge is 2.24. The lowest BCUT2D eigenvalue weighted by molar-refractivity contribution is -0.153. The largest absolute Gasteiger partial charge is 0.479 e. The fourth-order valence-electron chi connectivity index (χ4n) is 2.12. The molecule has 24 heavy (non-hydrogen) atoms. The lowest BCUT2D eigenvalue weighted by Gasteiger charge is -2.20. The van der Waals surface area contributed by atoms with Gasteiger partial charge >= 0.3 is 5.97 Å². The summed E-state index contributed by atoms with van der Waals surface area (Å²) in [5.41, 5.74) is 3.40. The number of carboxylic acids is 1. The Hall–Kier alpha value is -1.61. The van der Waals surface area contributed by atoms with Gasteiger partial charge in [0.15, 0.2) is 6.10 Å². The number of carbonyl (C=O) groups is 1. The van der Waals surface area contributed by atoms with Crippen molar-refractivity contribution in [3.8, 4) is 11.5 Å². The van der Waals surface area contributed by atoms with E-state index < -0.39 is 25.7 Å². The molecule has 4 nitrogen and oxygen atoms in total. The van der Waals surface area contributed by atoms with Gasteiger partial charge in [-0.15, -0.1) is 5.54 Å². The average Bonchev–Trinajstić information content (AvgIpc) is 2.44. The van der Waals surface area contributed by atoms with Crippen molar-refractivity contribution in [1.82, 2.24) is 0 Å². The van der Waals surface area contributed by atoms with Gasteiger partial charge < -0.3 is 14.9 Å². The zero-order chi connectivity index (χ0) is 18.5. The van der Waals surface area contributed by atoms with Crippen molar-refractivity contribution in [1.29, 1.82) is 0 Å². The van der Waals surface area contributed by atoms with E-state index in [1.54, 1.807) is 13.0 Å². The molecule has 1 aromatic rings. The first-order valence-corrected chi connectivity index (χ1v) is 11.6. The van der Waals surface area contributed by atoms with Crippen LogP contribution < -0.4 is 0 Å². The van der Waals surface area contributed by atoms with E-state index in [-0.39, 0.29) is 12.5 Å². The lowest BCUT2D eigenvalue weighted by Crippen LogP contribution is -2.29. The van der Waals surface area contributed by atoms with Crippen LogP contribution >= 0.6 is 0 Å². The molecule has 0 saturated heterocycles. The molecule has 0 heterocycles. The molecule has 1 aromatic carbocycles. The second-order valence-electron chi connectivity index (χ2n) is 7.49. The third-order valence-electron chi connectivity index (χ3n) is 3.30. The molecule has 5 heteroatoms. The summed E-state index contributed by atoms with van der Waals surface area (Å²) in [4.78, 5) is 11.3. The molecule has 2 atom stereocenters. The average molecular weight is 349 g/mol. The lowest BCUT2D eigenvalue weighted by atomic mass is 9.94. The Balaban J connectivity index is 3.04. The summed E-state index contributed by atoms with van der Waals surface area (Å²) < 4.78 is 5.45. The Bertz CT molecular complexity index is 633. The molecule has 0 fully saturated rings. The Morgan fingerprint density at radius 2 is 1.96 bits per heavy atom. The van der Waals surface area contributed by atoms with Gasteiger partial charge in [-0.25, -0.2) is 4.79 Å². The molecule has 132 valence electrons. The maximum atomic E-state index is 11.3. The number of rotatable bonds is 6. The van der Waals surface area contributed by atoms with Crippen LogP contribution in [0.5, 0.6) is 0 Å². The SMILES string of the molecule is CC(C)OC(Cc1cccc(C(C)(O)C#C[Si](C)(C)C)c1)C(=O)O. The Morgan fingerprint density at radius 1 is 1.33 bits per heavy atom. The van der Waals surface area contributed by atoms with Crippen LogP contribution in [-0.4, -0.2) is 36.5 Å². The molecular formula is C19H28O4Si. The molecule has 0 aromatic heterocycles. The van der Waals surface area contributed by atoms with Gasteiger partial charge in [0.2, 0.25) is 0 Å². The number of aliphatic hydroxyl groups is 1. The van der Waals surface area contributed by atoms with Gasteiger partial charge in [-0.2, -0.15) is 0 Å². The van der Waals surface area contributed by atoms with Gasteiger partial charge in [0.1, 0.15) is 13.7 Å². The minimum atomic E-state index is -1.59. The van der Waals surface area contributed by atoms with Gasteiger partial charge in [0, 0.05) is 6.42 Å². The van der Waals surface area contributed by atoms with Gasteiger partial charge in [0.25, 0.3) is 0 Å². The monoisotopic (exact) mass is 348 g/mol. The molecule has 0 amide bonds. The van der Waals surface area contributed by atoms with E-state index in [2.05, 4.69) is 31.1 Å². The maximum Gasteiger partial charge on any atom is 0.333 e. The second-order valence-corrected chi connectivity index (χ2v) is 12.2. The van der Waals surface area contributed by atoms with E-state index in [4.69, 9.17) is 4.74 Å². The standard InChI is InChI=1S/C19H28O4Si/c1-14(2)23-17(18(20)21)13-15-8-7-9-16(12-15)19(3,22)10-11-24(4,5)6/h7-9,12,14,17,22H,13H2,1-6H3,(H,20,21). The molecule has 1 rings (SSSR count).